The smallest absolute Gasteiger partial charge is 0.227 e. The summed E-state index contributed by atoms with van der Waals surface area (Å²) in [7, 11) is 3.89. The maximum atomic E-state index is 11.7. The number of benzene rings is 1. The van der Waals surface area contributed by atoms with Crippen LogP contribution in [0.25, 0.3) is 0 Å². The number of hydrogen-bond donors (Lipinski definition) is 1. The lowest BCUT2D eigenvalue weighted by atomic mass is 9.89. The van der Waals surface area contributed by atoms with Crippen molar-refractivity contribution >= 4 is 11.6 Å². The van der Waals surface area contributed by atoms with Crippen molar-refractivity contribution in [3.8, 4) is 0 Å². The van der Waals surface area contributed by atoms with E-state index in [1.807, 2.05) is 14.1 Å². The number of amides is 1. The molecule has 0 aliphatic carbocycles. The van der Waals surface area contributed by atoms with Gasteiger partial charge in [0.15, 0.2) is 0 Å². The summed E-state index contributed by atoms with van der Waals surface area (Å²) in [5.74, 6) is 0.818. The van der Waals surface area contributed by atoms with E-state index in [9.17, 15) is 4.79 Å². The first-order chi connectivity index (χ1) is 9.08. The molecular weight excluding hydrogens is 236 g/mol. The number of aryl methyl sites for hydroxylation is 1. The van der Waals surface area contributed by atoms with E-state index >= 15 is 0 Å². The lowest BCUT2D eigenvalue weighted by molar-refractivity contribution is -0.118. The third-order valence-corrected chi connectivity index (χ3v) is 4.33. The number of carbonyl (C=O) groups is 1. The largest absolute Gasteiger partial charge is 0.315 e. The molecule has 19 heavy (non-hydrogen) atoms. The molecule has 1 N–H and O–H groups in total. The number of nitrogens with one attached hydrogen (secondary N) is 1. The molecule has 0 bridgehead atoms. The van der Waals surface area contributed by atoms with Crippen LogP contribution in [0, 0.1) is 5.92 Å². The van der Waals surface area contributed by atoms with Crippen LogP contribution in [-0.2, 0) is 11.2 Å². The van der Waals surface area contributed by atoms with Gasteiger partial charge in [-0.3, -0.25) is 4.79 Å². The zero-order valence-corrected chi connectivity index (χ0v) is 12.4. The maximum Gasteiger partial charge on any atom is 0.227 e. The van der Waals surface area contributed by atoms with Crippen molar-refractivity contribution in [3.63, 3.8) is 0 Å². The van der Waals surface area contributed by atoms with Crippen LogP contribution in [-0.4, -0.2) is 20.0 Å². The van der Waals surface area contributed by atoms with Crippen molar-refractivity contribution in [2.45, 2.75) is 39.2 Å². The second kappa shape index (κ2) is 5.74. The average Bonchev–Trinajstić information content (AvgIpc) is 2.43. The normalized spacial score (nSPS) is 18.1. The summed E-state index contributed by atoms with van der Waals surface area (Å²) >= 11 is 0. The summed E-state index contributed by atoms with van der Waals surface area (Å²) in [6, 6.07) is 6.90. The molecule has 2 atom stereocenters. The molecule has 1 aliphatic heterocycles. The first-order valence-electron chi connectivity index (χ1n) is 7.15. The lowest BCUT2D eigenvalue weighted by Crippen LogP contribution is -2.31. The van der Waals surface area contributed by atoms with Crippen molar-refractivity contribution in [1.29, 1.82) is 0 Å². The molecule has 3 nitrogen and oxygen atoms in total. The van der Waals surface area contributed by atoms with Gasteiger partial charge in [-0.2, -0.15) is 0 Å². The Labute approximate surface area is 116 Å². The summed E-state index contributed by atoms with van der Waals surface area (Å²) < 4.78 is 0. The summed E-state index contributed by atoms with van der Waals surface area (Å²) in [6.45, 7) is 4.50. The van der Waals surface area contributed by atoms with E-state index in [1.54, 1.807) is 4.90 Å². The van der Waals surface area contributed by atoms with Gasteiger partial charge >= 0.3 is 0 Å². The van der Waals surface area contributed by atoms with E-state index < -0.39 is 0 Å². The highest BCUT2D eigenvalue weighted by Crippen LogP contribution is 2.31. The topological polar surface area (TPSA) is 32.3 Å². The molecule has 0 spiro atoms. The van der Waals surface area contributed by atoms with Gasteiger partial charge in [-0.1, -0.05) is 32.4 Å². The average molecular weight is 260 g/mol. The van der Waals surface area contributed by atoms with Gasteiger partial charge in [-0.05, 0) is 36.6 Å². The molecule has 1 amide bonds. The fourth-order valence-corrected chi connectivity index (χ4v) is 2.89. The maximum absolute atomic E-state index is 11.7. The Morgan fingerprint density at radius 2 is 2.11 bits per heavy atom. The zero-order chi connectivity index (χ0) is 14.0. The fourth-order valence-electron chi connectivity index (χ4n) is 2.89. The number of nitrogens with zero attached hydrogens (tertiary/aromatic N) is 1. The summed E-state index contributed by atoms with van der Waals surface area (Å²) in [5, 5.41) is 3.42. The quantitative estimate of drug-likeness (QED) is 0.903. The number of rotatable bonds is 4. The molecule has 0 saturated carbocycles. The van der Waals surface area contributed by atoms with E-state index in [1.165, 1.54) is 11.1 Å². The van der Waals surface area contributed by atoms with Crippen molar-refractivity contribution in [2.75, 3.05) is 19.0 Å². The summed E-state index contributed by atoms with van der Waals surface area (Å²) in [4.78, 5) is 13.5. The predicted molar refractivity (Wildman–Crippen MR) is 79.4 cm³/mol. The van der Waals surface area contributed by atoms with Crippen LogP contribution in [0.1, 0.15) is 43.9 Å². The highest BCUT2D eigenvalue weighted by Gasteiger charge is 2.23. The van der Waals surface area contributed by atoms with Gasteiger partial charge in [0.05, 0.1) is 0 Å². The highest BCUT2D eigenvalue weighted by atomic mass is 16.2. The van der Waals surface area contributed by atoms with Crippen molar-refractivity contribution in [1.82, 2.24) is 5.32 Å². The molecule has 1 heterocycles. The first kappa shape index (κ1) is 14.1. The highest BCUT2D eigenvalue weighted by molar-refractivity contribution is 5.95. The Morgan fingerprint density at radius 1 is 1.37 bits per heavy atom. The second-order valence-electron chi connectivity index (χ2n) is 5.49. The van der Waals surface area contributed by atoms with Crippen LogP contribution < -0.4 is 10.2 Å². The lowest BCUT2D eigenvalue weighted by Gasteiger charge is -2.29. The first-order valence-corrected chi connectivity index (χ1v) is 7.15. The molecule has 1 aliphatic rings. The molecule has 104 valence electrons. The molecule has 0 radical (unpaired) electrons. The molecule has 1 aromatic rings. The Balaban J connectivity index is 2.33. The van der Waals surface area contributed by atoms with Crippen LogP contribution >= 0.6 is 0 Å². The standard InChI is InChI=1S/C16H24N2O/c1-5-11(2)16(17-3)13-6-8-14-12(10-13)7-9-15(19)18(14)4/h6,8,10-11,16-17H,5,7,9H2,1-4H3. The number of hydrogen-bond acceptors (Lipinski definition) is 2. The molecule has 2 unspecified atom stereocenters. The SMILES string of the molecule is CCC(C)C(NC)c1ccc2c(c1)CCC(=O)N2C. The van der Waals surface area contributed by atoms with Crippen molar-refractivity contribution < 1.29 is 4.79 Å². The van der Waals surface area contributed by atoms with Gasteiger partial charge in [0.2, 0.25) is 5.91 Å². The van der Waals surface area contributed by atoms with Gasteiger partial charge in [-0.25, -0.2) is 0 Å². The number of fused-ring (bicyclic) bond motifs is 1. The van der Waals surface area contributed by atoms with E-state index in [0.29, 0.717) is 18.4 Å². The Morgan fingerprint density at radius 3 is 2.74 bits per heavy atom. The molecule has 1 aromatic carbocycles. The Hall–Kier alpha value is -1.35. The summed E-state index contributed by atoms with van der Waals surface area (Å²) in [5.41, 5.74) is 3.69. The molecule has 3 heteroatoms. The molecule has 0 aromatic heterocycles. The van der Waals surface area contributed by atoms with Crippen molar-refractivity contribution in [2.24, 2.45) is 5.92 Å². The number of anilines is 1. The van der Waals surface area contributed by atoms with Gasteiger partial charge in [0.25, 0.3) is 0 Å². The minimum Gasteiger partial charge on any atom is -0.315 e. The Bertz CT molecular complexity index is 470. The van der Waals surface area contributed by atoms with Gasteiger partial charge in [0, 0.05) is 25.2 Å². The molecule has 0 saturated heterocycles. The molecule has 0 fully saturated rings. The van der Waals surface area contributed by atoms with Crippen molar-refractivity contribution in [3.05, 3.63) is 29.3 Å². The van der Waals surface area contributed by atoms with E-state index in [0.717, 1.165) is 18.5 Å². The minimum absolute atomic E-state index is 0.215. The third kappa shape index (κ3) is 2.66. The van der Waals surface area contributed by atoms with Crippen LogP contribution in [0.3, 0.4) is 0 Å². The summed E-state index contributed by atoms with van der Waals surface area (Å²) in [6.07, 6.45) is 2.64. The van der Waals surface area contributed by atoms with Crippen LogP contribution in [0.4, 0.5) is 5.69 Å². The molecular formula is C16H24N2O. The van der Waals surface area contributed by atoms with Gasteiger partial charge in [0.1, 0.15) is 0 Å². The van der Waals surface area contributed by atoms with Crippen LogP contribution in [0.2, 0.25) is 0 Å². The minimum atomic E-state index is 0.215. The van der Waals surface area contributed by atoms with E-state index in [-0.39, 0.29) is 5.91 Å². The number of carbonyl (C=O) groups excluding carboxylic acids is 1. The monoisotopic (exact) mass is 260 g/mol. The van der Waals surface area contributed by atoms with E-state index in [2.05, 4.69) is 37.4 Å². The zero-order valence-electron chi connectivity index (χ0n) is 12.4. The second-order valence-corrected chi connectivity index (χ2v) is 5.49. The third-order valence-electron chi connectivity index (χ3n) is 4.33. The van der Waals surface area contributed by atoms with Crippen LogP contribution in [0.5, 0.6) is 0 Å². The van der Waals surface area contributed by atoms with E-state index in [4.69, 9.17) is 0 Å². The van der Waals surface area contributed by atoms with Gasteiger partial charge < -0.3 is 10.2 Å². The fraction of sp³-hybridized carbons (Fsp3) is 0.562. The van der Waals surface area contributed by atoms with Gasteiger partial charge in [-0.15, -0.1) is 0 Å². The predicted octanol–water partition coefficient (Wildman–Crippen LogP) is 2.90. The molecule has 2 rings (SSSR count). The Kier molecular flexibility index (Phi) is 4.25. The van der Waals surface area contributed by atoms with Crippen LogP contribution in [0.15, 0.2) is 18.2 Å².